The average molecular weight is 319 g/mol. The molecule has 0 saturated carbocycles. The van der Waals surface area contributed by atoms with Crippen molar-refractivity contribution in [2.75, 3.05) is 32.8 Å². The molecule has 21 heavy (non-hydrogen) atoms. The summed E-state index contributed by atoms with van der Waals surface area (Å²) in [7, 11) is -3.45. The molecule has 6 nitrogen and oxygen atoms in total. The quantitative estimate of drug-likeness (QED) is 0.683. The molecule has 0 radical (unpaired) electrons. The molecule has 2 heterocycles. The van der Waals surface area contributed by atoms with E-state index in [4.69, 9.17) is 4.74 Å². The molecule has 2 atom stereocenters. The van der Waals surface area contributed by atoms with Crippen molar-refractivity contribution in [3.63, 3.8) is 0 Å². The lowest BCUT2D eigenvalue weighted by Crippen LogP contribution is -2.57. The van der Waals surface area contributed by atoms with Crippen LogP contribution in [-0.4, -0.2) is 57.2 Å². The van der Waals surface area contributed by atoms with Gasteiger partial charge in [-0.1, -0.05) is 13.3 Å². The number of hydrogen-bond acceptors (Lipinski definition) is 4. The fourth-order valence-electron chi connectivity index (χ4n) is 3.06. The van der Waals surface area contributed by atoms with E-state index < -0.39 is 15.7 Å². The zero-order valence-corrected chi connectivity index (χ0v) is 14.0. The molecule has 7 heteroatoms. The number of rotatable bonds is 7. The molecule has 0 amide bonds. The topological polar surface area (TPSA) is 70.7 Å². The van der Waals surface area contributed by atoms with Gasteiger partial charge in [0.2, 0.25) is 0 Å². The Balaban J connectivity index is 2.00. The molecule has 124 valence electrons. The van der Waals surface area contributed by atoms with Gasteiger partial charge in [0.15, 0.2) is 0 Å². The molecule has 2 aliphatic rings. The Morgan fingerprint density at radius 3 is 2.86 bits per heavy atom. The van der Waals surface area contributed by atoms with Crippen molar-refractivity contribution in [3.8, 4) is 0 Å². The van der Waals surface area contributed by atoms with Gasteiger partial charge in [0, 0.05) is 25.7 Å². The van der Waals surface area contributed by atoms with Crippen molar-refractivity contribution < 1.29 is 13.2 Å². The van der Waals surface area contributed by atoms with Gasteiger partial charge in [-0.05, 0) is 39.2 Å². The zero-order valence-electron chi connectivity index (χ0n) is 13.2. The van der Waals surface area contributed by atoms with Crippen molar-refractivity contribution >= 4 is 10.2 Å². The van der Waals surface area contributed by atoms with Crippen LogP contribution in [0.1, 0.15) is 46.0 Å². The van der Waals surface area contributed by atoms with E-state index in [0.29, 0.717) is 19.8 Å². The summed E-state index contributed by atoms with van der Waals surface area (Å²) in [4.78, 5) is 0. The van der Waals surface area contributed by atoms with Crippen LogP contribution in [0.15, 0.2) is 0 Å². The molecule has 0 bridgehead atoms. The lowest BCUT2D eigenvalue weighted by Gasteiger charge is -2.37. The second kappa shape index (κ2) is 7.37. The van der Waals surface area contributed by atoms with E-state index in [0.717, 1.165) is 45.2 Å². The minimum Gasteiger partial charge on any atom is -0.379 e. The number of nitrogens with one attached hydrogen (secondary N) is 2. The van der Waals surface area contributed by atoms with Crippen molar-refractivity contribution in [2.45, 2.75) is 57.5 Å². The molecule has 2 aliphatic heterocycles. The van der Waals surface area contributed by atoms with Gasteiger partial charge in [-0.15, -0.1) is 0 Å². The summed E-state index contributed by atoms with van der Waals surface area (Å²) in [5, 5.41) is 3.35. The van der Waals surface area contributed by atoms with E-state index >= 15 is 0 Å². The van der Waals surface area contributed by atoms with Crippen LogP contribution in [-0.2, 0) is 14.9 Å². The highest BCUT2D eigenvalue weighted by atomic mass is 32.2. The van der Waals surface area contributed by atoms with E-state index in [1.54, 1.807) is 4.31 Å². The largest absolute Gasteiger partial charge is 0.379 e. The minimum absolute atomic E-state index is 0.0636. The first kappa shape index (κ1) is 17.1. The number of ether oxygens (including phenoxy) is 1. The Kier molecular flexibility index (Phi) is 6.02. The highest BCUT2D eigenvalue weighted by Crippen LogP contribution is 2.24. The van der Waals surface area contributed by atoms with Crippen LogP contribution >= 0.6 is 0 Å². The first-order chi connectivity index (χ1) is 9.97. The molecule has 0 aromatic heterocycles. The van der Waals surface area contributed by atoms with Crippen LogP contribution in [0.25, 0.3) is 0 Å². The third-order valence-corrected chi connectivity index (χ3v) is 6.13. The highest BCUT2D eigenvalue weighted by Gasteiger charge is 2.39. The molecule has 2 fully saturated rings. The molecule has 2 N–H and O–H groups in total. The molecule has 2 saturated heterocycles. The van der Waals surface area contributed by atoms with E-state index in [9.17, 15) is 8.42 Å². The third-order valence-electron chi connectivity index (χ3n) is 4.28. The Hall–Kier alpha value is -0.210. The van der Waals surface area contributed by atoms with Crippen molar-refractivity contribution in [3.05, 3.63) is 0 Å². The number of piperidine rings is 1. The van der Waals surface area contributed by atoms with Crippen molar-refractivity contribution in [1.82, 2.24) is 14.3 Å². The normalized spacial score (nSPS) is 31.6. The fraction of sp³-hybridized carbons (Fsp3) is 1.00. The monoisotopic (exact) mass is 319 g/mol. The maximum atomic E-state index is 12.7. The number of nitrogens with zero attached hydrogens (tertiary/aromatic N) is 1. The summed E-state index contributed by atoms with van der Waals surface area (Å²) in [5.74, 6) is 0. The van der Waals surface area contributed by atoms with Gasteiger partial charge in [0.25, 0.3) is 10.2 Å². The van der Waals surface area contributed by atoms with Gasteiger partial charge in [-0.25, -0.2) is 0 Å². The van der Waals surface area contributed by atoms with E-state index in [-0.39, 0.29) is 6.04 Å². The van der Waals surface area contributed by atoms with Crippen LogP contribution in [0.2, 0.25) is 0 Å². The zero-order chi connectivity index (χ0) is 15.3. The second-order valence-electron chi connectivity index (χ2n) is 6.43. The lowest BCUT2D eigenvalue weighted by molar-refractivity contribution is 0.176. The molecule has 2 rings (SSSR count). The summed E-state index contributed by atoms with van der Waals surface area (Å²) in [5.41, 5.74) is -0.461. The summed E-state index contributed by atoms with van der Waals surface area (Å²) < 4.78 is 35.3. The van der Waals surface area contributed by atoms with Crippen LogP contribution in [0, 0.1) is 0 Å². The van der Waals surface area contributed by atoms with Crippen LogP contribution < -0.4 is 10.0 Å². The van der Waals surface area contributed by atoms with E-state index in [1.807, 2.05) is 6.92 Å². The van der Waals surface area contributed by atoms with Gasteiger partial charge in [-0.3, -0.25) is 0 Å². The summed E-state index contributed by atoms with van der Waals surface area (Å²) in [6, 6.07) is 0.0636. The Morgan fingerprint density at radius 2 is 2.19 bits per heavy atom. The van der Waals surface area contributed by atoms with Gasteiger partial charge < -0.3 is 10.1 Å². The molecule has 0 aromatic carbocycles. The molecule has 2 unspecified atom stereocenters. The SMILES string of the molecule is CCCNCC1CCCCN1S(=O)(=O)NC1(C)CCOC1. The minimum atomic E-state index is -3.45. The Morgan fingerprint density at radius 1 is 1.38 bits per heavy atom. The van der Waals surface area contributed by atoms with Gasteiger partial charge in [0.1, 0.15) is 0 Å². The average Bonchev–Trinajstić information content (AvgIpc) is 2.85. The molecular weight excluding hydrogens is 290 g/mol. The lowest BCUT2D eigenvalue weighted by atomic mass is 10.0. The molecule has 0 aromatic rings. The number of hydrogen-bond donors (Lipinski definition) is 2. The van der Waals surface area contributed by atoms with Gasteiger partial charge >= 0.3 is 0 Å². The van der Waals surface area contributed by atoms with Gasteiger partial charge in [0.05, 0.1) is 12.1 Å². The summed E-state index contributed by atoms with van der Waals surface area (Å²) in [6.07, 6.45) is 4.78. The predicted molar refractivity (Wildman–Crippen MR) is 83.4 cm³/mol. The van der Waals surface area contributed by atoms with E-state index in [2.05, 4.69) is 17.0 Å². The van der Waals surface area contributed by atoms with Crippen LogP contribution in [0.3, 0.4) is 0 Å². The maximum Gasteiger partial charge on any atom is 0.280 e. The van der Waals surface area contributed by atoms with Gasteiger partial charge in [-0.2, -0.15) is 17.4 Å². The first-order valence-corrected chi connectivity index (χ1v) is 9.50. The third kappa shape index (κ3) is 4.63. The second-order valence-corrected chi connectivity index (χ2v) is 8.06. The standard InChI is InChI=1S/C14H29N3O3S/c1-3-8-15-11-13-6-4-5-9-17(13)21(18,19)16-14(2)7-10-20-12-14/h13,15-16H,3-12H2,1-2H3. The van der Waals surface area contributed by atoms with Crippen molar-refractivity contribution in [2.24, 2.45) is 0 Å². The molecular formula is C14H29N3O3S. The van der Waals surface area contributed by atoms with Crippen molar-refractivity contribution in [1.29, 1.82) is 0 Å². The van der Waals surface area contributed by atoms with Crippen LogP contribution in [0.4, 0.5) is 0 Å². The highest BCUT2D eigenvalue weighted by molar-refractivity contribution is 7.87. The predicted octanol–water partition coefficient (Wildman–Crippen LogP) is 0.854. The van der Waals surface area contributed by atoms with E-state index in [1.165, 1.54) is 0 Å². The summed E-state index contributed by atoms with van der Waals surface area (Å²) >= 11 is 0. The molecule has 0 aliphatic carbocycles. The Labute approximate surface area is 128 Å². The smallest absolute Gasteiger partial charge is 0.280 e. The fourth-order valence-corrected chi connectivity index (χ4v) is 4.90. The molecule has 0 spiro atoms. The first-order valence-electron chi connectivity index (χ1n) is 8.06. The maximum absolute atomic E-state index is 12.7. The Bertz CT molecular complexity index is 421. The van der Waals surface area contributed by atoms with Crippen LogP contribution in [0.5, 0.6) is 0 Å². The summed E-state index contributed by atoms with van der Waals surface area (Å²) in [6.45, 7) is 7.41.